The van der Waals surface area contributed by atoms with Crippen LogP contribution in [0, 0.1) is 6.92 Å². The van der Waals surface area contributed by atoms with E-state index in [-0.39, 0.29) is 5.91 Å². The number of fused-ring (bicyclic) bond motifs is 1. The average Bonchev–Trinajstić information content (AvgIpc) is 2.39. The number of hydrogen-bond acceptors (Lipinski definition) is 1. The van der Waals surface area contributed by atoms with Crippen molar-refractivity contribution in [3.05, 3.63) is 65.2 Å². The summed E-state index contributed by atoms with van der Waals surface area (Å²) in [7, 11) is 0. The maximum Gasteiger partial charge on any atom is 0.258 e. The Morgan fingerprint density at radius 3 is 2.72 bits per heavy atom. The van der Waals surface area contributed by atoms with Gasteiger partial charge in [0.15, 0.2) is 0 Å². The van der Waals surface area contributed by atoms with Crippen LogP contribution >= 0.6 is 0 Å². The molecule has 0 radical (unpaired) electrons. The third-order valence-corrected chi connectivity index (χ3v) is 3.41. The normalized spacial score (nSPS) is 14.5. The quantitative estimate of drug-likeness (QED) is 0.746. The van der Waals surface area contributed by atoms with Gasteiger partial charge in [0.1, 0.15) is 0 Å². The smallest absolute Gasteiger partial charge is 0.258 e. The van der Waals surface area contributed by atoms with Crippen molar-refractivity contribution >= 4 is 11.6 Å². The van der Waals surface area contributed by atoms with E-state index in [0.29, 0.717) is 0 Å². The summed E-state index contributed by atoms with van der Waals surface area (Å²) in [6.45, 7) is 2.81. The van der Waals surface area contributed by atoms with Gasteiger partial charge < -0.3 is 4.90 Å². The minimum atomic E-state index is 0.113. The molecule has 0 aromatic heterocycles. The number of carbonyl (C=O) groups is 1. The Kier molecular flexibility index (Phi) is 2.63. The molecule has 1 amide bonds. The molecule has 1 aliphatic rings. The summed E-state index contributed by atoms with van der Waals surface area (Å²) in [5.74, 6) is 0.113. The number of aryl methyl sites for hydroxylation is 1. The Morgan fingerprint density at radius 2 is 1.89 bits per heavy atom. The molecule has 2 aromatic rings. The zero-order valence-electron chi connectivity index (χ0n) is 10.4. The molecule has 0 saturated heterocycles. The van der Waals surface area contributed by atoms with E-state index in [9.17, 15) is 4.79 Å². The van der Waals surface area contributed by atoms with Gasteiger partial charge in [0.05, 0.1) is 0 Å². The zero-order chi connectivity index (χ0) is 12.5. The van der Waals surface area contributed by atoms with Crippen LogP contribution in [0.5, 0.6) is 0 Å². The maximum atomic E-state index is 12.5. The molecule has 3 rings (SSSR count). The minimum Gasteiger partial charge on any atom is -0.308 e. The molecule has 0 unspecified atom stereocenters. The lowest BCUT2D eigenvalue weighted by atomic mass is 9.98. The molecule has 0 aliphatic carbocycles. The van der Waals surface area contributed by atoms with Crippen molar-refractivity contribution in [2.24, 2.45) is 0 Å². The fourth-order valence-corrected chi connectivity index (χ4v) is 2.47. The molecule has 1 heterocycles. The first-order valence-electron chi connectivity index (χ1n) is 6.22. The van der Waals surface area contributed by atoms with Crippen LogP contribution in [-0.4, -0.2) is 12.5 Å². The summed E-state index contributed by atoms with van der Waals surface area (Å²) in [4.78, 5) is 14.3. The average molecular weight is 237 g/mol. The highest BCUT2D eigenvalue weighted by Gasteiger charge is 2.24. The summed E-state index contributed by atoms with van der Waals surface area (Å²) in [6, 6.07) is 16.0. The van der Waals surface area contributed by atoms with Crippen molar-refractivity contribution in [3.63, 3.8) is 0 Å². The monoisotopic (exact) mass is 237 g/mol. The van der Waals surface area contributed by atoms with Crippen molar-refractivity contribution in [3.8, 4) is 0 Å². The second-order valence-corrected chi connectivity index (χ2v) is 4.70. The van der Waals surface area contributed by atoms with E-state index in [4.69, 9.17) is 0 Å². The van der Waals surface area contributed by atoms with Crippen LogP contribution in [0.1, 0.15) is 21.5 Å². The standard InChI is InChI=1S/C16H15NO/c1-12-5-4-7-14(11-12)17-10-9-13-6-2-3-8-15(13)16(17)18/h2-8,11H,9-10H2,1H3. The van der Waals surface area contributed by atoms with Crippen LogP contribution in [0.25, 0.3) is 0 Å². The molecule has 18 heavy (non-hydrogen) atoms. The molecule has 0 atom stereocenters. The Bertz CT molecular complexity index is 604. The number of anilines is 1. The van der Waals surface area contributed by atoms with Gasteiger partial charge in [0.2, 0.25) is 0 Å². The van der Waals surface area contributed by atoms with E-state index in [1.807, 2.05) is 54.3 Å². The van der Waals surface area contributed by atoms with Gasteiger partial charge in [-0.2, -0.15) is 0 Å². The van der Waals surface area contributed by atoms with E-state index < -0.39 is 0 Å². The lowest BCUT2D eigenvalue weighted by molar-refractivity contribution is 0.0980. The molecular formula is C16H15NO. The third kappa shape index (κ3) is 1.80. The molecule has 0 bridgehead atoms. The molecule has 2 heteroatoms. The van der Waals surface area contributed by atoms with E-state index in [0.717, 1.165) is 29.8 Å². The van der Waals surface area contributed by atoms with Gasteiger partial charge in [-0.05, 0) is 42.7 Å². The summed E-state index contributed by atoms with van der Waals surface area (Å²) < 4.78 is 0. The lowest BCUT2D eigenvalue weighted by Crippen LogP contribution is -2.37. The van der Waals surface area contributed by atoms with E-state index >= 15 is 0 Å². The Labute approximate surface area is 107 Å². The fraction of sp³-hybridized carbons (Fsp3) is 0.188. The van der Waals surface area contributed by atoms with Crippen LogP contribution < -0.4 is 4.90 Å². The minimum absolute atomic E-state index is 0.113. The first-order valence-corrected chi connectivity index (χ1v) is 6.22. The van der Waals surface area contributed by atoms with Gasteiger partial charge in [0.25, 0.3) is 5.91 Å². The highest BCUT2D eigenvalue weighted by Crippen LogP contribution is 2.24. The molecule has 2 nitrogen and oxygen atoms in total. The molecule has 0 saturated carbocycles. The number of rotatable bonds is 1. The van der Waals surface area contributed by atoms with Gasteiger partial charge in [-0.25, -0.2) is 0 Å². The summed E-state index contributed by atoms with van der Waals surface area (Å²) in [6.07, 6.45) is 0.926. The molecule has 0 N–H and O–H groups in total. The maximum absolute atomic E-state index is 12.5. The number of nitrogens with zero attached hydrogens (tertiary/aromatic N) is 1. The highest BCUT2D eigenvalue weighted by molar-refractivity contribution is 6.08. The molecule has 2 aromatic carbocycles. The van der Waals surface area contributed by atoms with Gasteiger partial charge in [-0.15, -0.1) is 0 Å². The Morgan fingerprint density at radius 1 is 1.06 bits per heavy atom. The van der Waals surface area contributed by atoms with E-state index in [2.05, 4.69) is 6.07 Å². The van der Waals surface area contributed by atoms with Crippen LogP contribution in [0.15, 0.2) is 48.5 Å². The van der Waals surface area contributed by atoms with Crippen LogP contribution in [0.3, 0.4) is 0 Å². The SMILES string of the molecule is Cc1cccc(N2CCc3ccccc3C2=O)c1. The molecule has 0 fully saturated rings. The second-order valence-electron chi connectivity index (χ2n) is 4.70. The van der Waals surface area contributed by atoms with Crippen molar-refractivity contribution in [1.29, 1.82) is 0 Å². The van der Waals surface area contributed by atoms with Gasteiger partial charge in [0, 0.05) is 17.8 Å². The zero-order valence-corrected chi connectivity index (χ0v) is 10.4. The Balaban J connectivity index is 2.00. The molecule has 0 spiro atoms. The predicted molar refractivity (Wildman–Crippen MR) is 73.0 cm³/mol. The largest absolute Gasteiger partial charge is 0.308 e. The van der Waals surface area contributed by atoms with Gasteiger partial charge in [-0.1, -0.05) is 30.3 Å². The summed E-state index contributed by atoms with van der Waals surface area (Å²) in [5, 5.41) is 0. The van der Waals surface area contributed by atoms with Crippen molar-refractivity contribution in [1.82, 2.24) is 0 Å². The van der Waals surface area contributed by atoms with E-state index in [1.54, 1.807) is 0 Å². The van der Waals surface area contributed by atoms with Crippen LogP contribution in [0.4, 0.5) is 5.69 Å². The number of benzene rings is 2. The first kappa shape index (κ1) is 11.0. The number of carbonyl (C=O) groups excluding carboxylic acids is 1. The number of hydrogen-bond donors (Lipinski definition) is 0. The lowest BCUT2D eigenvalue weighted by Gasteiger charge is -2.28. The van der Waals surface area contributed by atoms with E-state index in [1.165, 1.54) is 5.56 Å². The van der Waals surface area contributed by atoms with Gasteiger partial charge >= 0.3 is 0 Å². The van der Waals surface area contributed by atoms with Crippen molar-refractivity contribution in [2.45, 2.75) is 13.3 Å². The van der Waals surface area contributed by atoms with Crippen molar-refractivity contribution in [2.75, 3.05) is 11.4 Å². The first-order chi connectivity index (χ1) is 8.75. The summed E-state index contributed by atoms with van der Waals surface area (Å²) in [5.41, 5.74) is 4.17. The number of amides is 1. The fourth-order valence-electron chi connectivity index (χ4n) is 2.47. The third-order valence-electron chi connectivity index (χ3n) is 3.41. The van der Waals surface area contributed by atoms with Crippen LogP contribution in [-0.2, 0) is 6.42 Å². The van der Waals surface area contributed by atoms with Crippen LogP contribution in [0.2, 0.25) is 0 Å². The molecular weight excluding hydrogens is 222 g/mol. The Hall–Kier alpha value is -2.09. The van der Waals surface area contributed by atoms with Crippen molar-refractivity contribution < 1.29 is 4.79 Å². The van der Waals surface area contributed by atoms with Gasteiger partial charge in [-0.3, -0.25) is 4.79 Å². The topological polar surface area (TPSA) is 20.3 Å². The second kappa shape index (κ2) is 4.30. The molecule has 90 valence electrons. The molecule has 1 aliphatic heterocycles. The predicted octanol–water partition coefficient (Wildman–Crippen LogP) is 3.20. The highest BCUT2D eigenvalue weighted by atomic mass is 16.2. The summed E-state index contributed by atoms with van der Waals surface area (Å²) >= 11 is 0.